The summed E-state index contributed by atoms with van der Waals surface area (Å²) in [4.78, 5) is 10.4. The number of halogens is 2. The highest BCUT2D eigenvalue weighted by Gasteiger charge is 2.30. The van der Waals surface area contributed by atoms with Gasteiger partial charge in [0.05, 0.1) is 0 Å². The molecule has 0 aliphatic heterocycles. The lowest BCUT2D eigenvalue weighted by atomic mass is 10.2. The molecule has 2 rings (SSSR count). The fraction of sp³-hybridized carbons (Fsp3) is 0.300. The maximum Gasteiger partial charge on any atom is 0.252 e. The lowest BCUT2D eigenvalue weighted by Gasteiger charge is -2.07. The largest absolute Gasteiger partial charge is 0.276 e. The van der Waals surface area contributed by atoms with Crippen molar-refractivity contribution < 1.29 is 17.6 Å². The Labute approximate surface area is 103 Å². The van der Waals surface area contributed by atoms with Gasteiger partial charge in [0.1, 0.15) is 10.7 Å². The van der Waals surface area contributed by atoms with Crippen molar-refractivity contribution in [1.82, 2.24) is 4.72 Å². The summed E-state index contributed by atoms with van der Waals surface area (Å²) < 4.78 is 39.3. The van der Waals surface area contributed by atoms with Crippen LogP contribution >= 0.6 is 11.6 Å². The average molecular weight is 278 g/mol. The van der Waals surface area contributed by atoms with Gasteiger partial charge in [-0.15, -0.1) is 0 Å². The molecule has 17 heavy (non-hydrogen) atoms. The minimum Gasteiger partial charge on any atom is -0.276 e. The van der Waals surface area contributed by atoms with Gasteiger partial charge in [0.15, 0.2) is 0 Å². The van der Waals surface area contributed by atoms with Crippen molar-refractivity contribution in [3.05, 3.63) is 29.6 Å². The van der Waals surface area contributed by atoms with E-state index in [2.05, 4.69) is 4.72 Å². The van der Waals surface area contributed by atoms with Gasteiger partial charge in [0, 0.05) is 11.6 Å². The molecule has 0 saturated heterocycles. The first-order valence-electron chi connectivity index (χ1n) is 4.92. The standard InChI is InChI=1S/C10H9ClFNO3S/c11-10(14)6-1-4-8(12)9(5-6)17(15,16)13-7-2-3-7/h1,4-5,7,13H,2-3H2. The Kier molecular flexibility index (Phi) is 3.20. The van der Waals surface area contributed by atoms with E-state index in [0.717, 1.165) is 31.0 Å². The van der Waals surface area contributed by atoms with E-state index < -0.39 is 26.0 Å². The summed E-state index contributed by atoms with van der Waals surface area (Å²) >= 11 is 5.22. The van der Waals surface area contributed by atoms with Crippen LogP contribution in [-0.4, -0.2) is 19.7 Å². The van der Waals surface area contributed by atoms with Gasteiger partial charge in [-0.2, -0.15) is 0 Å². The number of sulfonamides is 1. The van der Waals surface area contributed by atoms with Crippen molar-refractivity contribution in [1.29, 1.82) is 0 Å². The van der Waals surface area contributed by atoms with Crippen LogP contribution in [0.5, 0.6) is 0 Å². The maximum atomic E-state index is 13.4. The Morgan fingerprint density at radius 2 is 2.06 bits per heavy atom. The summed E-state index contributed by atoms with van der Waals surface area (Å²) in [5.74, 6) is -0.903. The van der Waals surface area contributed by atoms with Crippen LogP contribution in [-0.2, 0) is 10.0 Å². The Morgan fingerprint density at radius 3 is 2.59 bits per heavy atom. The molecule has 0 amide bonds. The zero-order valence-corrected chi connectivity index (χ0v) is 10.2. The van der Waals surface area contributed by atoms with Gasteiger partial charge >= 0.3 is 0 Å². The van der Waals surface area contributed by atoms with Gasteiger partial charge in [0.2, 0.25) is 10.0 Å². The van der Waals surface area contributed by atoms with E-state index in [4.69, 9.17) is 11.6 Å². The van der Waals surface area contributed by atoms with Gasteiger partial charge in [-0.3, -0.25) is 4.79 Å². The van der Waals surface area contributed by atoms with E-state index in [1.807, 2.05) is 0 Å². The van der Waals surface area contributed by atoms with Gasteiger partial charge in [-0.05, 0) is 42.6 Å². The van der Waals surface area contributed by atoms with Crippen LogP contribution in [0.2, 0.25) is 0 Å². The van der Waals surface area contributed by atoms with Crippen molar-refractivity contribution in [3.63, 3.8) is 0 Å². The number of rotatable bonds is 4. The van der Waals surface area contributed by atoms with Crippen molar-refractivity contribution in [3.8, 4) is 0 Å². The molecule has 1 N–H and O–H groups in total. The SMILES string of the molecule is O=C(Cl)c1ccc(F)c(S(=O)(=O)NC2CC2)c1. The summed E-state index contributed by atoms with van der Waals surface area (Å²) in [5, 5.41) is -0.826. The molecule has 1 saturated carbocycles. The number of benzene rings is 1. The average Bonchev–Trinajstić information content (AvgIpc) is 3.00. The van der Waals surface area contributed by atoms with Crippen LogP contribution in [0.3, 0.4) is 0 Å². The molecule has 0 atom stereocenters. The molecular weight excluding hydrogens is 269 g/mol. The predicted molar refractivity (Wildman–Crippen MR) is 59.9 cm³/mol. The lowest BCUT2D eigenvalue weighted by Crippen LogP contribution is -2.26. The second-order valence-electron chi connectivity index (χ2n) is 3.81. The zero-order valence-electron chi connectivity index (χ0n) is 8.61. The highest BCUT2D eigenvalue weighted by atomic mass is 35.5. The molecular formula is C10H9ClFNO3S. The first kappa shape index (κ1) is 12.5. The third-order valence-corrected chi connectivity index (χ3v) is 4.10. The Balaban J connectivity index is 2.42. The van der Waals surface area contributed by atoms with E-state index >= 15 is 0 Å². The topological polar surface area (TPSA) is 63.2 Å². The first-order valence-corrected chi connectivity index (χ1v) is 6.78. The molecule has 1 aromatic carbocycles. The number of carbonyl (C=O) groups excluding carboxylic acids is 1. The normalized spacial score (nSPS) is 15.9. The Bertz CT molecular complexity index is 569. The van der Waals surface area contributed by atoms with Crippen molar-refractivity contribution in [2.75, 3.05) is 0 Å². The van der Waals surface area contributed by atoms with Crippen LogP contribution in [0.1, 0.15) is 23.2 Å². The monoisotopic (exact) mass is 277 g/mol. The fourth-order valence-corrected chi connectivity index (χ4v) is 2.84. The second kappa shape index (κ2) is 4.36. The smallest absolute Gasteiger partial charge is 0.252 e. The number of hydrogen-bond donors (Lipinski definition) is 1. The van der Waals surface area contributed by atoms with E-state index in [0.29, 0.717) is 0 Å². The Hall–Kier alpha value is -0.980. The molecule has 7 heteroatoms. The van der Waals surface area contributed by atoms with E-state index in [1.165, 1.54) is 0 Å². The minimum atomic E-state index is -3.92. The molecule has 1 fully saturated rings. The maximum absolute atomic E-state index is 13.4. The van der Waals surface area contributed by atoms with E-state index in [1.54, 1.807) is 0 Å². The van der Waals surface area contributed by atoms with Crippen LogP contribution < -0.4 is 4.72 Å². The minimum absolute atomic E-state index is 0.0516. The highest BCUT2D eigenvalue weighted by Crippen LogP contribution is 2.24. The van der Waals surface area contributed by atoms with Gasteiger partial charge < -0.3 is 0 Å². The summed E-state index contributed by atoms with van der Waals surface area (Å²) in [7, 11) is -3.92. The molecule has 0 bridgehead atoms. The van der Waals surface area contributed by atoms with Crippen LogP contribution in [0.15, 0.2) is 23.1 Å². The Morgan fingerprint density at radius 1 is 1.41 bits per heavy atom. The van der Waals surface area contributed by atoms with Crippen molar-refractivity contribution >= 4 is 26.9 Å². The van der Waals surface area contributed by atoms with Gasteiger partial charge in [-0.1, -0.05) is 0 Å². The third-order valence-electron chi connectivity index (χ3n) is 2.35. The fourth-order valence-electron chi connectivity index (χ4n) is 1.32. The quantitative estimate of drug-likeness (QED) is 0.851. The molecule has 1 aliphatic carbocycles. The lowest BCUT2D eigenvalue weighted by molar-refractivity contribution is 0.108. The zero-order chi connectivity index (χ0) is 12.6. The summed E-state index contributed by atoms with van der Waals surface area (Å²) in [6.45, 7) is 0. The third kappa shape index (κ3) is 2.83. The summed E-state index contributed by atoms with van der Waals surface area (Å²) in [5.41, 5.74) is -0.0516. The molecule has 4 nitrogen and oxygen atoms in total. The summed E-state index contributed by atoms with van der Waals surface area (Å²) in [6.07, 6.45) is 1.49. The van der Waals surface area contributed by atoms with E-state index in [9.17, 15) is 17.6 Å². The van der Waals surface area contributed by atoms with Gasteiger partial charge in [-0.25, -0.2) is 17.5 Å². The van der Waals surface area contributed by atoms with Gasteiger partial charge in [0.25, 0.3) is 5.24 Å². The highest BCUT2D eigenvalue weighted by molar-refractivity contribution is 7.89. The number of nitrogens with one attached hydrogen (secondary N) is 1. The van der Waals surface area contributed by atoms with Crippen molar-refractivity contribution in [2.45, 2.75) is 23.8 Å². The second-order valence-corrected chi connectivity index (χ2v) is 5.84. The van der Waals surface area contributed by atoms with Crippen LogP contribution in [0.4, 0.5) is 4.39 Å². The van der Waals surface area contributed by atoms with Crippen LogP contribution in [0.25, 0.3) is 0 Å². The molecule has 1 aliphatic rings. The molecule has 0 spiro atoms. The molecule has 92 valence electrons. The first-order chi connectivity index (χ1) is 7.90. The predicted octanol–water partition coefficient (Wildman–Crippen LogP) is 1.65. The molecule has 0 heterocycles. The number of carbonyl (C=O) groups is 1. The number of hydrogen-bond acceptors (Lipinski definition) is 3. The summed E-state index contributed by atoms with van der Waals surface area (Å²) in [6, 6.07) is 2.86. The van der Waals surface area contributed by atoms with Crippen molar-refractivity contribution in [2.24, 2.45) is 0 Å². The van der Waals surface area contributed by atoms with E-state index in [-0.39, 0.29) is 11.6 Å². The molecule has 0 unspecified atom stereocenters. The molecule has 0 radical (unpaired) electrons. The molecule has 0 aromatic heterocycles. The molecule has 1 aromatic rings. The van der Waals surface area contributed by atoms with Crippen LogP contribution in [0, 0.1) is 5.82 Å².